The summed E-state index contributed by atoms with van der Waals surface area (Å²) in [7, 11) is 0. The number of piperidine rings is 1. The number of esters is 1. The van der Waals surface area contributed by atoms with Crippen LogP contribution in [-0.4, -0.2) is 60.2 Å². The predicted octanol–water partition coefficient (Wildman–Crippen LogP) is 2.92. The van der Waals surface area contributed by atoms with E-state index in [2.05, 4.69) is 4.90 Å². The zero-order valence-electron chi connectivity index (χ0n) is 18.0. The summed E-state index contributed by atoms with van der Waals surface area (Å²) in [6, 6.07) is 6.49. The standard InChI is InChI=1S/C24H31NO6/c1-2-29-24(28)16-6-8-17(9-7-16)31-21-15-30-23-18(22(21)27)10-11-20(26)19(23)14-25-12-4-3-5-13-25/h6-9,15,18-20,23,26H,2-5,10-14H2,1H3. The van der Waals surface area contributed by atoms with Crippen LogP contribution in [0.4, 0.5) is 0 Å². The van der Waals surface area contributed by atoms with Gasteiger partial charge in [-0.3, -0.25) is 4.79 Å². The Hall–Kier alpha value is -2.38. The number of ether oxygens (including phenoxy) is 3. The summed E-state index contributed by atoms with van der Waals surface area (Å²) in [5.41, 5.74) is 0.427. The number of rotatable bonds is 6. The van der Waals surface area contributed by atoms with Crippen LogP contribution in [-0.2, 0) is 14.3 Å². The van der Waals surface area contributed by atoms with Gasteiger partial charge in [-0.25, -0.2) is 4.79 Å². The zero-order valence-corrected chi connectivity index (χ0v) is 18.0. The van der Waals surface area contributed by atoms with Crippen LogP contribution in [0.2, 0.25) is 0 Å². The number of nitrogens with zero attached hydrogens (tertiary/aromatic N) is 1. The number of carbonyl (C=O) groups excluding carboxylic acids is 2. The molecule has 168 valence electrons. The minimum Gasteiger partial charge on any atom is -0.493 e. The molecule has 2 heterocycles. The fourth-order valence-corrected chi connectivity index (χ4v) is 4.84. The molecule has 1 aromatic carbocycles. The minimum atomic E-state index is -0.456. The van der Waals surface area contributed by atoms with Gasteiger partial charge in [-0.1, -0.05) is 6.42 Å². The van der Waals surface area contributed by atoms with Crippen LogP contribution in [0.25, 0.3) is 0 Å². The van der Waals surface area contributed by atoms with E-state index in [0.29, 0.717) is 30.8 Å². The maximum absolute atomic E-state index is 13.1. The van der Waals surface area contributed by atoms with Crippen molar-refractivity contribution in [2.45, 2.75) is 51.2 Å². The minimum absolute atomic E-state index is 0.0811. The van der Waals surface area contributed by atoms with Crippen molar-refractivity contribution < 1.29 is 28.9 Å². The van der Waals surface area contributed by atoms with Crippen molar-refractivity contribution in [3.05, 3.63) is 41.9 Å². The Balaban J connectivity index is 1.43. The number of fused-ring (bicyclic) bond motifs is 1. The number of hydrogen-bond donors (Lipinski definition) is 1. The summed E-state index contributed by atoms with van der Waals surface area (Å²) in [6.45, 7) is 4.91. The van der Waals surface area contributed by atoms with Crippen LogP contribution in [0.1, 0.15) is 49.4 Å². The second-order valence-corrected chi connectivity index (χ2v) is 8.57. The summed E-state index contributed by atoms with van der Waals surface area (Å²) in [5.74, 6) is -0.247. The SMILES string of the molecule is CCOC(=O)c1ccc(OC2=COC3C(CCC(O)C3CN3CCCCC3)C2=O)cc1. The lowest BCUT2D eigenvalue weighted by molar-refractivity contribution is -0.140. The van der Waals surface area contributed by atoms with E-state index >= 15 is 0 Å². The molecule has 2 fully saturated rings. The molecule has 4 unspecified atom stereocenters. The normalized spacial score (nSPS) is 28.8. The number of Topliss-reactive ketones (excluding diaryl/α,β-unsaturated/α-hetero) is 1. The largest absolute Gasteiger partial charge is 0.493 e. The van der Waals surface area contributed by atoms with Crippen molar-refractivity contribution in [1.29, 1.82) is 0 Å². The first kappa shape index (κ1) is 21.8. The highest BCUT2D eigenvalue weighted by atomic mass is 16.5. The summed E-state index contributed by atoms with van der Waals surface area (Å²) < 4.78 is 16.7. The molecule has 1 aromatic rings. The molecular weight excluding hydrogens is 398 g/mol. The molecule has 7 nitrogen and oxygen atoms in total. The van der Waals surface area contributed by atoms with Crippen molar-refractivity contribution in [1.82, 2.24) is 4.90 Å². The summed E-state index contributed by atoms with van der Waals surface area (Å²) in [6.07, 6.45) is 5.42. The quantitative estimate of drug-likeness (QED) is 0.696. The Morgan fingerprint density at radius 3 is 2.61 bits per heavy atom. The Labute approximate surface area is 183 Å². The van der Waals surface area contributed by atoms with Gasteiger partial charge in [-0.15, -0.1) is 0 Å². The summed E-state index contributed by atoms with van der Waals surface area (Å²) >= 11 is 0. The lowest BCUT2D eigenvalue weighted by Crippen LogP contribution is -2.53. The molecule has 1 saturated carbocycles. The highest BCUT2D eigenvalue weighted by Gasteiger charge is 2.47. The van der Waals surface area contributed by atoms with E-state index in [-0.39, 0.29) is 29.5 Å². The zero-order chi connectivity index (χ0) is 21.8. The number of benzene rings is 1. The molecule has 7 heteroatoms. The maximum atomic E-state index is 13.1. The van der Waals surface area contributed by atoms with E-state index in [1.54, 1.807) is 31.2 Å². The van der Waals surface area contributed by atoms with Crippen LogP contribution in [0, 0.1) is 11.8 Å². The number of aliphatic hydroxyl groups is 1. The number of hydrogen-bond acceptors (Lipinski definition) is 7. The molecular formula is C24H31NO6. The van der Waals surface area contributed by atoms with E-state index in [4.69, 9.17) is 14.2 Å². The van der Waals surface area contributed by atoms with Gasteiger partial charge in [-0.2, -0.15) is 0 Å². The molecule has 31 heavy (non-hydrogen) atoms. The molecule has 0 amide bonds. The molecule has 4 atom stereocenters. The number of ketones is 1. The molecule has 4 rings (SSSR count). The first-order valence-electron chi connectivity index (χ1n) is 11.3. The van der Waals surface area contributed by atoms with E-state index in [0.717, 1.165) is 19.6 Å². The van der Waals surface area contributed by atoms with Gasteiger partial charge in [0, 0.05) is 12.5 Å². The lowest BCUT2D eigenvalue weighted by atomic mass is 9.73. The van der Waals surface area contributed by atoms with E-state index in [9.17, 15) is 14.7 Å². The van der Waals surface area contributed by atoms with Gasteiger partial charge in [0.2, 0.25) is 11.5 Å². The second kappa shape index (κ2) is 9.83. The number of aliphatic hydroxyl groups excluding tert-OH is 1. The van der Waals surface area contributed by atoms with Gasteiger partial charge in [0.1, 0.15) is 18.1 Å². The first-order valence-corrected chi connectivity index (χ1v) is 11.3. The fraction of sp³-hybridized carbons (Fsp3) is 0.583. The van der Waals surface area contributed by atoms with Crippen molar-refractivity contribution >= 4 is 11.8 Å². The highest BCUT2D eigenvalue weighted by Crippen LogP contribution is 2.38. The van der Waals surface area contributed by atoms with E-state index in [1.165, 1.54) is 25.5 Å². The van der Waals surface area contributed by atoms with Crippen molar-refractivity contribution in [3.8, 4) is 5.75 Å². The molecule has 2 aliphatic heterocycles. The topological polar surface area (TPSA) is 85.3 Å². The number of carbonyl (C=O) groups is 2. The van der Waals surface area contributed by atoms with Crippen molar-refractivity contribution in [3.63, 3.8) is 0 Å². The van der Waals surface area contributed by atoms with Gasteiger partial charge in [0.25, 0.3) is 0 Å². The first-order chi connectivity index (χ1) is 15.1. The number of likely N-dealkylation sites (tertiary alicyclic amines) is 1. The molecule has 1 N–H and O–H groups in total. The maximum Gasteiger partial charge on any atom is 0.338 e. The van der Waals surface area contributed by atoms with Gasteiger partial charge in [-0.05, 0) is 70.0 Å². The predicted molar refractivity (Wildman–Crippen MR) is 114 cm³/mol. The molecule has 1 aliphatic carbocycles. The van der Waals surface area contributed by atoms with Gasteiger partial charge in [0.15, 0.2) is 0 Å². The molecule has 0 radical (unpaired) electrons. The molecule has 0 spiro atoms. The molecule has 0 bridgehead atoms. The van der Waals surface area contributed by atoms with Crippen LogP contribution in [0.3, 0.4) is 0 Å². The fourth-order valence-electron chi connectivity index (χ4n) is 4.84. The number of allylic oxidation sites excluding steroid dienone is 1. The highest BCUT2D eigenvalue weighted by molar-refractivity contribution is 5.96. The lowest BCUT2D eigenvalue weighted by Gasteiger charge is -2.43. The molecule has 0 aromatic heterocycles. The summed E-state index contributed by atoms with van der Waals surface area (Å²) in [5, 5.41) is 10.6. The summed E-state index contributed by atoms with van der Waals surface area (Å²) in [4.78, 5) is 27.3. The third-order valence-corrected chi connectivity index (χ3v) is 6.51. The van der Waals surface area contributed by atoms with E-state index in [1.807, 2.05) is 0 Å². The monoisotopic (exact) mass is 429 g/mol. The van der Waals surface area contributed by atoms with Gasteiger partial charge in [0.05, 0.1) is 24.2 Å². The Kier molecular flexibility index (Phi) is 6.92. The van der Waals surface area contributed by atoms with Crippen LogP contribution in [0.5, 0.6) is 5.75 Å². The van der Waals surface area contributed by atoms with E-state index < -0.39 is 12.1 Å². The molecule has 3 aliphatic rings. The van der Waals surface area contributed by atoms with Crippen LogP contribution in [0.15, 0.2) is 36.3 Å². The average molecular weight is 430 g/mol. The Bertz CT molecular complexity index is 814. The van der Waals surface area contributed by atoms with Crippen molar-refractivity contribution in [2.75, 3.05) is 26.2 Å². The van der Waals surface area contributed by atoms with Crippen LogP contribution < -0.4 is 4.74 Å². The van der Waals surface area contributed by atoms with Gasteiger partial charge < -0.3 is 24.2 Å². The van der Waals surface area contributed by atoms with Gasteiger partial charge >= 0.3 is 5.97 Å². The smallest absolute Gasteiger partial charge is 0.338 e. The van der Waals surface area contributed by atoms with Crippen LogP contribution >= 0.6 is 0 Å². The Morgan fingerprint density at radius 2 is 1.90 bits per heavy atom. The third-order valence-electron chi connectivity index (χ3n) is 6.51. The third kappa shape index (κ3) is 4.93. The Morgan fingerprint density at radius 1 is 1.16 bits per heavy atom. The van der Waals surface area contributed by atoms with Crippen molar-refractivity contribution in [2.24, 2.45) is 11.8 Å². The average Bonchev–Trinajstić information content (AvgIpc) is 2.79. The molecule has 1 saturated heterocycles. The second-order valence-electron chi connectivity index (χ2n) is 8.57.